The fourth-order valence-corrected chi connectivity index (χ4v) is 3.55. The Morgan fingerprint density at radius 2 is 1.76 bits per heavy atom. The lowest BCUT2D eigenvalue weighted by Gasteiger charge is -2.08. The minimum absolute atomic E-state index is 0.187. The van der Waals surface area contributed by atoms with Crippen LogP contribution in [0.15, 0.2) is 70.0 Å². The molecule has 0 unspecified atom stereocenters. The molecular weight excluding hydrogens is 352 g/mol. The topological polar surface area (TPSA) is 59.1 Å². The second-order valence-corrected chi connectivity index (χ2v) is 7.05. The van der Waals surface area contributed by atoms with Gasteiger partial charge < -0.3 is 0 Å². The molecule has 0 saturated heterocycles. The van der Waals surface area contributed by atoms with Crippen LogP contribution in [0, 0.1) is 0 Å². The van der Waals surface area contributed by atoms with Gasteiger partial charge in [-0.1, -0.05) is 40.2 Å². The number of benzene rings is 2. The van der Waals surface area contributed by atoms with E-state index in [9.17, 15) is 8.42 Å². The average Bonchev–Trinajstić information content (AvgIpc) is 2.47. The van der Waals surface area contributed by atoms with Gasteiger partial charge in [-0.25, -0.2) is 13.4 Å². The molecule has 0 aliphatic rings. The standard InChI is InChI=1S/C15H11BrN2O2S/c16-12-5-3-6-13(10-12)21(19,20)18-15-9-8-11-4-1-2-7-14(11)17-15/h1-10H,(H,17,18). The summed E-state index contributed by atoms with van der Waals surface area (Å²) in [6.45, 7) is 0. The maximum Gasteiger partial charge on any atom is 0.263 e. The van der Waals surface area contributed by atoms with Crippen LogP contribution in [0.5, 0.6) is 0 Å². The van der Waals surface area contributed by atoms with Crippen LogP contribution in [0.1, 0.15) is 0 Å². The summed E-state index contributed by atoms with van der Waals surface area (Å²) in [5.74, 6) is 0.300. The van der Waals surface area contributed by atoms with Gasteiger partial charge in [-0.2, -0.15) is 0 Å². The molecule has 1 N–H and O–H groups in total. The molecule has 106 valence electrons. The predicted molar refractivity (Wildman–Crippen MR) is 86.7 cm³/mol. The molecule has 3 aromatic rings. The Balaban J connectivity index is 1.97. The van der Waals surface area contributed by atoms with E-state index in [-0.39, 0.29) is 4.90 Å². The number of sulfonamides is 1. The fourth-order valence-electron chi connectivity index (χ4n) is 1.95. The molecule has 0 radical (unpaired) electrons. The average molecular weight is 363 g/mol. The van der Waals surface area contributed by atoms with Crippen molar-refractivity contribution in [1.82, 2.24) is 4.98 Å². The van der Waals surface area contributed by atoms with Crippen molar-refractivity contribution in [3.8, 4) is 0 Å². The first-order valence-corrected chi connectivity index (χ1v) is 8.46. The van der Waals surface area contributed by atoms with Crippen molar-refractivity contribution in [1.29, 1.82) is 0 Å². The lowest BCUT2D eigenvalue weighted by Crippen LogP contribution is -2.13. The fraction of sp³-hybridized carbons (Fsp3) is 0. The summed E-state index contributed by atoms with van der Waals surface area (Å²) in [5.41, 5.74) is 0.743. The van der Waals surface area contributed by atoms with Gasteiger partial charge in [-0.05, 0) is 36.4 Å². The number of rotatable bonds is 3. The number of pyridine rings is 1. The molecule has 1 heterocycles. The predicted octanol–water partition coefficient (Wildman–Crippen LogP) is 3.80. The normalized spacial score (nSPS) is 11.5. The zero-order valence-electron chi connectivity index (χ0n) is 10.8. The highest BCUT2D eigenvalue weighted by atomic mass is 79.9. The Morgan fingerprint density at radius 3 is 2.57 bits per heavy atom. The minimum atomic E-state index is -3.65. The number of halogens is 1. The van der Waals surface area contributed by atoms with Crippen LogP contribution in [0.2, 0.25) is 0 Å². The van der Waals surface area contributed by atoms with Gasteiger partial charge in [-0.15, -0.1) is 0 Å². The van der Waals surface area contributed by atoms with Crippen molar-refractivity contribution < 1.29 is 8.42 Å². The van der Waals surface area contributed by atoms with Crippen molar-refractivity contribution in [2.24, 2.45) is 0 Å². The van der Waals surface area contributed by atoms with Gasteiger partial charge in [0.1, 0.15) is 5.82 Å². The largest absolute Gasteiger partial charge is 0.263 e. The second-order valence-electron chi connectivity index (χ2n) is 4.45. The summed E-state index contributed by atoms with van der Waals surface area (Å²) >= 11 is 3.26. The molecule has 0 saturated carbocycles. The molecule has 2 aromatic carbocycles. The number of hydrogen-bond acceptors (Lipinski definition) is 3. The number of fused-ring (bicyclic) bond motifs is 1. The van der Waals surface area contributed by atoms with Crippen LogP contribution >= 0.6 is 15.9 Å². The highest BCUT2D eigenvalue weighted by molar-refractivity contribution is 9.10. The monoisotopic (exact) mass is 362 g/mol. The SMILES string of the molecule is O=S(=O)(Nc1ccc2ccccc2n1)c1cccc(Br)c1. The number of para-hydroxylation sites is 1. The van der Waals surface area contributed by atoms with Crippen LogP contribution in [0.25, 0.3) is 10.9 Å². The van der Waals surface area contributed by atoms with Gasteiger partial charge in [0.15, 0.2) is 0 Å². The third-order valence-electron chi connectivity index (χ3n) is 2.94. The lowest BCUT2D eigenvalue weighted by atomic mass is 10.2. The molecule has 4 nitrogen and oxygen atoms in total. The molecule has 0 aliphatic heterocycles. The number of nitrogens with zero attached hydrogens (tertiary/aromatic N) is 1. The van der Waals surface area contributed by atoms with Gasteiger partial charge in [-0.3, -0.25) is 4.72 Å². The quantitative estimate of drug-likeness (QED) is 0.770. The molecule has 0 bridgehead atoms. The van der Waals surface area contributed by atoms with E-state index in [4.69, 9.17) is 0 Å². The number of aromatic nitrogens is 1. The molecule has 0 spiro atoms. The summed E-state index contributed by atoms with van der Waals surface area (Å²) in [7, 11) is -3.65. The number of nitrogens with one attached hydrogen (secondary N) is 1. The Kier molecular flexibility index (Phi) is 3.65. The summed E-state index contributed by atoms with van der Waals surface area (Å²) in [6.07, 6.45) is 0. The van der Waals surface area contributed by atoms with Crippen molar-refractivity contribution >= 4 is 42.7 Å². The summed E-state index contributed by atoms with van der Waals surface area (Å²) in [5, 5.41) is 0.961. The highest BCUT2D eigenvalue weighted by Crippen LogP contribution is 2.20. The van der Waals surface area contributed by atoms with E-state index in [0.29, 0.717) is 10.3 Å². The van der Waals surface area contributed by atoms with Crippen LogP contribution in [-0.2, 0) is 10.0 Å². The van der Waals surface area contributed by atoms with Gasteiger partial charge in [0, 0.05) is 9.86 Å². The van der Waals surface area contributed by atoms with Crippen molar-refractivity contribution in [2.75, 3.05) is 4.72 Å². The zero-order valence-corrected chi connectivity index (χ0v) is 13.2. The Bertz CT molecular complexity index is 910. The molecule has 0 aliphatic carbocycles. The Hall–Kier alpha value is -1.92. The molecule has 0 atom stereocenters. The van der Waals surface area contributed by atoms with Crippen molar-refractivity contribution in [3.63, 3.8) is 0 Å². The van der Waals surface area contributed by atoms with E-state index in [2.05, 4.69) is 25.6 Å². The minimum Gasteiger partial charge on any atom is -0.263 e. The Labute approximate surface area is 131 Å². The van der Waals surface area contributed by atoms with Gasteiger partial charge >= 0.3 is 0 Å². The van der Waals surface area contributed by atoms with Gasteiger partial charge in [0.25, 0.3) is 10.0 Å². The van der Waals surface area contributed by atoms with Gasteiger partial charge in [0.05, 0.1) is 10.4 Å². The van der Waals surface area contributed by atoms with E-state index in [0.717, 1.165) is 10.9 Å². The molecule has 6 heteroatoms. The molecule has 21 heavy (non-hydrogen) atoms. The molecule has 3 rings (SSSR count). The molecule has 0 amide bonds. The smallest absolute Gasteiger partial charge is 0.263 e. The van der Waals surface area contributed by atoms with E-state index < -0.39 is 10.0 Å². The molecular formula is C15H11BrN2O2S. The highest BCUT2D eigenvalue weighted by Gasteiger charge is 2.15. The van der Waals surface area contributed by atoms with E-state index in [1.54, 1.807) is 24.3 Å². The lowest BCUT2D eigenvalue weighted by molar-refractivity contribution is 0.601. The summed E-state index contributed by atoms with van der Waals surface area (Å²) < 4.78 is 27.8. The van der Waals surface area contributed by atoms with Crippen LogP contribution in [-0.4, -0.2) is 13.4 Å². The van der Waals surface area contributed by atoms with Crippen LogP contribution < -0.4 is 4.72 Å². The number of anilines is 1. The van der Waals surface area contributed by atoms with Gasteiger partial charge in [0.2, 0.25) is 0 Å². The van der Waals surface area contributed by atoms with E-state index >= 15 is 0 Å². The first kappa shape index (κ1) is 14.0. The third kappa shape index (κ3) is 3.06. The Morgan fingerprint density at radius 1 is 0.952 bits per heavy atom. The maximum absolute atomic E-state index is 12.3. The molecule has 1 aromatic heterocycles. The van der Waals surface area contributed by atoms with E-state index in [1.807, 2.05) is 30.3 Å². The van der Waals surface area contributed by atoms with Crippen molar-refractivity contribution in [2.45, 2.75) is 4.90 Å². The van der Waals surface area contributed by atoms with E-state index in [1.165, 1.54) is 6.07 Å². The summed E-state index contributed by atoms with van der Waals surface area (Å²) in [6, 6.07) is 17.6. The number of hydrogen-bond donors (Lipinski definition) is 1. The van der Waals surface area contributed by atoms with Crippen molar-refractivity contribution in [3.05, 3.63) is 65.1 Å². The summed E-state index contributed by atoms with van der Waals surface area (Å²) in [4.78, 5) is 4.49. The second kappa shape index (κ2) is 5.46. The van der Waals surface area contributed by atoms with Crippen LogP contribution in [0.3, 0.4) is 0 Å². The molecule has 0 fully saturated rings. The first-order valence-electron chi connectivity index (χ1n) is 6.19. The maximum atomic E-state index is 12.3. The zero-order chi connectivity index (χ0) is 14.9. The first-order chi connectivity index (χ1) is 10.0. The third-order valence-corrected chi connectivity index (χ3v) is 4.79. The van der Waals surface area contributed by atoms with Crippen LogP contribution in [0.4, 0.5) is 5.82 Å².